The Kier molecular flexibility index (Phi) is 5.65. The number of rotatable bonds is 7. The van der Waals surface area contributed by atoms with E-state index in [0.717, 1.165) is 22.6 Å². The fourth-order valence-corrected chi connectivity index (χ4v) is 3.73. The molecule has 2 aromatic heterocycles. The fourth-order valence-electron chi connectivity index (χ4n) is 2.70. The van der Waals surface area contributed by atoms with E-state index in [-0.39, 0.29) is 11.5 Å². The van der Waals surface area contributed by atoms with Crippen LogP contribution < -0.4 is 0 Å². The van der Waals surface area contributed by atoms with Crippen LogP contribution in [-0.4, -0.2) is 32.6 Å². The van der Waals surface area contributed by atoms with Crippen LogP contribution in [0.25, 0.3) is 5.69 Å². The van der Waals surface area contributed by atoms with Crippen LogP contribution in [0.1, 0.15) is 27.6 Å². The molecular weight excluding hydrogens is 354 g/mol. The number of aryl methyl sites for hydroxylation is 1. The van der Waals surface area contributed by atoms with Gasteiger partial charge in [0, 0.05) is 22.6 Å². The van der Waals surface area contributed by atoms with Gasteiger partial charge in [-0.3, -0.25) is 4.79 Å². The Morgan fingerprint density at radius 2 is 1.96 bits per heavy atom. The van der Waals surface area contributed by atoms with Crippen molar-refractivity contribution in [3.05, 3.63) is 59.2 Å². The minimum atomic E-state index is 0.0601. The molecule has 130 valence electrons. The number of thioether (sulfide) groups is 2. The monoisotopic (exact) mass is 373 g/mol. The maximum Gasteiger partial charge on any atom is 0.277 e. The summed E-state index contributed by atoms with van der Waals surface area (Å²) in [4.78, 5) is 12.6. The molecule has 0 N–H and O–H groups in total. The van der Waals surface area contributed by atoms with Gasteiger partial charge in [0.15, 0.2) is 5.78 Å². The Labute approximate surface area is 155 Å². The lowest BCUT2D eigenvalue weighted by Gasteiger charge is -2.09. The van der Waals surface area contributed by atoms with Gasteiger partial charge in [-0.25, -0.2) is 0 Å². The highest BCUT2D eigenvalue weighted by Crippen LogP contribution is 2.24. The van der Waals surface area contributed by atoms with Gasteiger partial charge in [0.2, 0.25) is 5.89 Å². The quantitative estimate of drug-likeness (QED) is 0.454. The predicted octanol–water partition coefficient (Wildman–Crippen LogP) is 4.32. The lowest BCUT2D eigenvalue weighted by Crippen LogP contribution is -2.05. The van der Waals surface area contributed by atoms with Crippen LogP contribution in [0.15, 0.2) is 46.0 Å². The molecule has 3 aromatic rings. The summed E-state index contributed by atoms with van der Waals surface area (Å²) in [5, 5.41) is 8.37. The zero-order valence-corrected chi connectivity index (χ0v) is 16.0. The normalized spacial score (nSPS) is 11.0. The molecular formula is C18H19N3O2S2. The second-order valence-electron chi connectivity index (χ2n) is 5.56. The molecule has 0 bridgehead atoms. The van der Waals surface area contributed by atoms with Crippen LogP contribution in [0.5, 0.6) is 0 Å². The van der Waals surface area contributed by atoms with E-state index in [1.807, 2.05) is 56.5 Å². The first kappa shape index (κ1) is 17.8. The maximum atomic E-state index is 12.6. The number of hydrogen-bond donors (Lipinski definition) is 0. The van der Waals surface area contributed by atoms with Gasteiger partial charge in [-0.05, 0) is 38.3 Å². The highest BCUT2D eigenvalue weighted by Gasteiger charge is 2.18. The lowest BCUT2D eigenvalue weighted by atomic mass is 10.2. The Balaban J connectivity index is 1.74. The Hall–Kier alpha value is -1.99. The van der Waals surface area contributed by atoms with Gasteiger partial charge in [0.1, 0.15) is 0 Å². The molecule has 0 amide bonds. The molecule has 25 heavy (non-hydrogen) atoms. The maximum absolute atomic E-state index is 12.6. The molecule has 0 unspecified atom stereocenters. The summed E-state index contributed by atoms with van der Waals surface area (Å²) in [6.45, 7) is 3.98. The molecule has 0 saturated heterocycles. The second-order valence-corrected chi connectivity index (χ2v) is 7.35. The molecule has 1 aromatic carbocycles. The van der Waals surface area contributed by atoms with E-state index in [1.54, 1.807) is 11.8 Å². The van der Waals surface area contributed by atoms with Gasteiger partial charge in [0.25, 0.3) is 5.22 Å². The third-order valence-corrected chi connectivity index (χ3v) is 5.14. The van der Waals surface area contributed by atoms with Gasteiger partial charge in [-0.2, -0.15) is 11.8 Å². The first-order chi connectivity index (χ1) is 12.1. The molecule has 3 rings (SSSR count). The van der Waals surface area contributed by atoms with Crippen LogP contribution in [0.2, 0.25) is 0 Å². The average Bonchev–Trinajstić information content (AvgIpc) is 3.18. The minimum absolute atomic E-state index is 0.0601. The van der Waals surface area contributed by atoms with Crippen molar-refractivity contribution in [3.8, 4) is 5.69 Å². The zero-order valence-electron chi connectivity index (χ0n) is 14.4. The van der Waals surface area contributed by atoms with Crippen molar-refractivity contribution < 1.29 is 9.21 Å². The highest BCUT2D eigenvalue weighted by molar-refractivity contribution is 7.99. The van der Waals surface area contributed by atoms with Crippen LogP contribution >= 0.6 is 23.5 Å². The number of Topliss-reactive ketones (excluding diaryl/α,β-unsaturated/α-hetero) is 1. The first-order valence-electron chi connectivity index (χ1n) is 7.82. The number of ketones is 1. The smallest absolute Gasteiger partial charge is 0.277 e. The summed E-state index contributed by atoms with van der Waals surface area (Å²) in [5.74, 6) is 1.61. The Morgan fingerprint density at radius 1 is 1.20 bits per heavy atom. The van der Waals surface area contributed by atoms with E-state index in [1.165, 1.54) is 11.8 Å². The molecule has 5 nitrogen and oxygen atoms in total. The Morgan fingerprint density at radius 3 is 2.68 bits per heavy atom. The fraction of sp³-hybridized carbons (Fsp3) is 0.278. The van der Waals surface area contributed by atoms with Crippen molar-refractivity contribution in [2.45, 2.75) is 24.8 Å². The third kappa shape index (κ3) is 3.99. The second kappa shape index (κ2) is 7.93. The summed E-state index contributed by atoms with van der Waals surface area (Å²) in [5.41, 5.74) is 3.78. The lowest BCUT2D eigenvalue weighted by molar-refractivity contribution is 0.102. The van der Waals surface area contributed by atoms with Crippen LogP contribution in [0, 0.1) is 13.8 Å². The van der Waals surface area contributed by atoms with Gasteiger partial charge in [-0.1, -0.05) is 30.0 Å². The number of aromatic nitrogens is 3. The van der Waals surface area contributed by atoms with Crippen molar-refractivity contribution in [1.82, 2.24) is 14.8 Å². The van der Waals surface area contributed by atoms with E-state index in [0.29, 0.717) is 16.9 Å². The number of carbonyl (C=O) groups excluding carboxylic acids is 1. The van der Waals surface area contributed by atoms with Gasteiger partial charge in [-0.15, -0.1) is 10.2 Å². The molecule has 0 aliphatic rings. The average molecular weight is 374 g/mol. The molecule has 7 heteroatoms. The summed E-state index contributed by atoms with van der Waals surface area (Å²) in [7, 11) is 0. The molecule has 0 spiro atoms. The molecule has 2 heterocycles. The SMILES string of the molecule is CSCc1nnc(SCC(=O)c2cc(C)n(-c3ccccc3)c2C)o1. The van der Waals surface area contributed by atoms with Gasteiger partial charge in [0.05, 0.1) is 11.5 Å². The summed E-state index contributed by atoms with van der Waals surface area (Å²) < 4.78 is 7.60. The molecule has 0 aliphatic carbocycles. The summed E-state index contributed by atoms with van der Waals surface area (Å²) >= 11 is 2.90. The van der Waals surface area contributed by atoms with E-state index in [9.17, 15) is 4.79 Å². The number of para-hydroxylation sites is 1. The largest absolute Gasteiger partial charge is 0.415 e. The van der Waals surface area contributed by atoms with Gasteiger partial charge >= 0.3 is 0 Å². The topological polar surface area (TPSA) is 60.9 Å². The van der Waals surface area contributed by atoms with E-state index < -0.39 is 0 Å². The van der Waals surface area contributed by atoms with Gasteiger partial charge < -0.3 is 8.98 Å². The van der Waals surface area contributed by atoms with Crippen molar-refractivity contribution in [1.29, 1.82) is 0 Å². The molecule has 0 saturated carbocycles. The van der Waals surface area contributed by atoms with Crippen molar-refractivity contribution in [2.75, 3.05) is 12.0 Å². The predicted molar refractivity (Wildman–Crippen MR) is 102 cm³/mol. The molecule has 0 atom stereocenters. The molecule has 0 aliphatic heterocycles. The van der Waals surface area contributed by atoms with Crippen molar-refractivity contribution in [2.24, 2.45) is 0 Å². The standard InChI is InChI=1S/C18H19N3O2S2/c1-12-9-15(13(2)21(12)14-7-5-4-6-8-14)16(22)10-25-18-20-19-17(23-18)11-24-3/h4-9H,10-11H2,1-3H3. The third-order valence-electron chi connectivity index (χ3n) is 3.79. The van der Waals surface area contributed by atoms with Crippen LogP contribution in [-0.2, 0) is 5.75 Å². The minimum Gasteiger partial charge on any atom is -0.415 e. The number of hydrogen-bond acceptors (Lipinski definition) is 6. The van der Waals surface area contributed by atoms with Crippen molar-refractivity contribution >= 4 is 29.3 Å². The highest BCUT2D eigenvalue weighted by atomic mass is 32.2. The number of benzene rings is 1. The number of nitrogens with zero attached hydrogens (tertiary/aromatic N) is 3. The summed E-state index contributed by atoms with van der Waals surface area (Å²) in [6, 6.07) is 12.0. The van der Waals surface area contributed by atoms with Crippen molar-refractivity contribution in [3.63, 3.8) is 0 Å². The summed E-state index contributed by atoms with van der Waals surface area (Å²) in [6.07, 6.45) is 1.98. The molecule has 0 fully saturated rings. The van der Waals surface area contributed by atoms with E-state index in [2.05, 4.69) is 14.8 Å². The zero-order chi connectivity index (χ0) is 17.8. The van der Waals surface area contributed by atoms with Crippen LogP contribution in [0.4, 0.5) is 0 Å². The van der Waals surface area contributed by atoms with E-state index in [4.69, 9.17) is 4.42 Å². The Bertz CT molecular complexity index is 872. The number of carbonyl (C=O) groups is 1. The first-order valence-corrected chi connectivity index (χ1v) is 10.2. The van der Waals surface area contributed by atoms with E-state index >= 15 is 0 Å². The molecule has 0 radical (unpaired) electrons. The van der Waals surface area contributed by atoms with Crippen LogP contribution in [0.3, 0.4) is 0 Å².